The Balaban J connectivity index is 2.00. The molecule has 2 rings (SSSR count). The van der Waals surface area contributed by atoms with Gasteiger partial charge in [0.2, 0.25) is 10.0 Å². The van der Waals surface area contributed by atoms with Crippen molar-refractivity contribution in [1.29, 1.82) is 0 Å². The molecule has 0 radical (unpaired) electrons. The Labute approximate surface area is 108 Å². The Bertz CT molecular complexity index is 500. The van der Waals surface area contributed by atoms with E-state index >= 15 is 0 Å². The summed E-state index contributed by atoms with van der Waals surface area (Å²) < 4.78 is 25.7. The second-order valence-electron chi connectivity index (χ2n) is 4.99. The van der Waals surface area contributed by atoms with Crippen LogP contribution in [-0.4, -0.2) is 31.4 Å². The molecule has 0 bridgehead atoms. The van der Waals surface area contributed by atoms with Crippen molar-refractivity contribution >= 4 is 10.0 Å². The fourth-order valence-electron chi connectivity index (χ4n) is 2.38. The van der Waals surface area contributed by atoms with E-state index in [9.17, 15) is 13.5 Å². The molecule has 2 N–H and O–H groups in total. The zero-order chi connectivity index (χ0) is 13.2. The van der Waals surface area contributed by atoms with Crippen molar-refractivity contribution in [3.63, 3.8) is 0 Å². The van der Waals surface area contributed by atoms with Crippen molar-refractivity contribution in [1.82, 2.24) is 4.72 Å². The van der Waals surface area contributed by atoms with E-state index in [1.165, 1.54) is 0 Å². The second kappa shape index (κ2) is 4.99. The number of fused-ring (bicyclic) bond motifs is 1. The molecule has 0 aromatic heterocycles. The average Bonchev–Trinajstić information content (AvgIpc) is 2.64. The summed E-state index contributed by atoms with van der Waals surface area (Å²) in [7, 11) is -3.25. The molecule has 100 valence electrons. The molecule has 1 aliphatic carbocycles. The molecule has 0 unspecified atom stereocenters. The van der Waals surface area contributed by atoms with Gasteiger partial charge in [-0.05, 0) is 17.5 Å². The van der Waals surface area contributed by atoms with Gasteiger partial charge in [-0.2, -0.15) is 0 Å². The van der Waals surface area contributed by atoms with Gasteiger partial charge in [0.15, 0.2) is 0 Å². The highest BCUT2D eigenvalue weighted by molar-refractivity contribution is 7.89. The lowest BCUT2D eigenvalue weighted by Gasteiger charge is -2.22. The van der Waals surface area contributed by atoms with Gasteiger partial charge in [-0.15, -0.1) is 0 Å². The van der Waals surface area contributed by atoms with Crippen LogP contribution in [0.5, 0.6) is 0 Å². The van der Waals surface area contributed by atoms with Crippen LogP contribution in [0, 0.1) is 0 Å². The topological polar surface area (TPSA) is 66.4 Å². The maximum atomic E-state index is 11.6. The third kappa shape index (κ3) is 3.10. The van der Waals surface area contributed by atoms with E-state index < -0.39 is 15.6 Å². The van der Waals surface area contributed by atoms with Crippen LogP contribution in [-0.2, 0) is 22.9 Å². The van der Waals surface area contributed by atoms with Crippen molar-refractivity contribution < 1.29 is 13.5 Å². The number of hydrogen-bond acceptors (Lipinski definition) is 3. The SMILES string of the molecule is CCCS(=O)(=O)NCC1(O)Cc2ccccc2C1. The van der Waals surface area contributed by atoms with Crippen LogP contribution in [0.2, 0.25) is 0 Å². The van der Waals surface area contributed by atoms with Gasteiger partial charge in [-0.3, -0.25) is 0 Å². The first-order chi connectivity index (χ1) is 8.44. The van der Waals surface area contributed by atoms with Crippen molar-refractivity contribution in [2.75, 3.05) is 12.3 Å². The molecule has 0 fully saturated rings. The Morgan fingerprint density at radius 2 is 1.83 bits per heavy atom. The molecule has 0 saturated carbocycles. The van der Waals surface area contributed by atoms with E-state index in [4.69, 9.17) is 0 Å². The van der Waals surface area contributed by atoms with Gasteiger partial charge in [0.05, 0.1) is 11.4 Å². The molecule has 5 heteroatoms. The first-order valence-corrected chi connectivity index (χ1v) is 7.86. The largest absolute Gasteiger partial charge is 0.388 e. The summed E-state index contributed by atoms with van der Waals surface area (Å²) in [6.45, 7) is 1.91. The fraction of sp³-hybridized carbons (Fsp3) is 0.538. The smallest absolute Gasteiger partial charge is 0.211 e. The molecular formula is C13H19NO3S. The van der Waals surface area contributed by atoms with Gasteiger partial charge >= 0.3 is 0 Å². The zero-order valence-electron chi connectivity index (χ0n) is 10.5. The number of hydrogen-bond donors (Lipinski definition) is 2. The molecule has 4 nitrogen and oxygen atoms in total. The van der Waals surface area contributed by atoms with Gasteiger partial charge in [-0.25, -0.2) is 13.1 Å². The molecule has 18 heavy (non-hydrogen) atoms. The first kappa shape index (κ1) is 13.5. The van der Waals surface area contributed by atoms with Crippen LogP contribution in [0.25, 0.3) is 0 Å². The van der Waals surface area contributed by atoms with Gasteiger partial charge in [0, 0.05) is 19.4 Å². The van der Waals surface area contributed by atoms with Crippen molar-refractivity contribution in [3.05, 3.63) is 35.4 Å². The zero-order valence-corrected chi connectivity index (χ0v) is 11.3. The highest BCUT2D eigenvalue weighted by Crippen LogP contribution is 2.29. The number of benzene rings is 1. The summed E-state index contributed by atoms with van der Waals surface area (Å²) in [6, 6.07) is 7.83. The molecule has 1 aliphatic rings. The quantitative estimate of drug-likeness (QED) is 0.832. The summed E-state index contributed by atoms with van der Waals surface area (Å²) in [6.07, 6.45) is 1.60. The molecule has 1 aromatic carbocycles. The lowest BCUT2D eigenvalue weighted by atomic mass is 10.0. The maximum absolute atomic E-state index is 11.6. The monoisotopic (exact) mass is 269 g/mol. The van der Waals surface area contributed by atoms with Crippen LogP contribution in [0.4, 0.5) is 0 Å². The number of sulfonamides is 1. The standard InChI is InChI=1S/C13H19NO3S/c1-2-7-18(16,17)14-10-13(15)8-11-5-3-4-6-12(11)9-13/h3-6,14-15H,2,7-10H2,1H3. The Kier molecular flexibility index (Phi) is 3.75. The number of aliphatic hydroxyl groups is 1. The Hall–Kier alpha value is -0.910. The predicted molar refractivity (Wildman–Crippen MR) is 70.9 cm³/mol. The van der Waals surface area contributed by atoms with E-state index in [1.807, 2.05) is 31.2 Å². The van der Waals surface area contributed by atoms with Crippen molar-refractivity contribution in [2.45, 2.75) is 31.8 Å². The van der Waals surface area contributed by atoms with Crippen LogP contribution in [0.3, 0.4) is 0 Å². The number of rotatable bonds is 5. The third-order valence-corrected chi connectivity index (χ3v) is 4.78. The van der Waals surface area contributed by atoms with Crippen molar-refractivity contribution in [2.24, 2.45) is 0 Å². The minimum atomic E-state index is -3.25. The van der Waals surface area contributed by atoms with E-state index in [0.717, 1.165) is 11.1 Å². The van der Waals surface area contributed by atoms with Gasteiger partial charge in [0.1, 0.15) is 0 Å². The second-order valence-corrected chi connectivity index (χ2v) is 6.91. The maximum Gasteiger partial charge on any atom is 0.211 e. The van der Waals surface area contributed by atoms with Crippen LogP contribution < -0.4 is 4.72 Å². The minimum absolute atomic E-state index is 0.0873. The predicted octanol–water partition coefficient (Wildman–Crippen LogP) is 0.846. The molecule has 0 aliphatic heterocycles. The van der Waals surface area contributed by atoms with Crippen LogP contribution >= 0.6 is 0 Å². The molecule has 0 heterocycles. The highest BCUT2D eigenvalue weighted by Gasteiger charge is 2.35. The molecular weight excluding hydrogens is 250 g/mol. The van der Waals surface area contributed by atoms with Gasteiger partial charge in [0.25, 0.3) is 0 Å². The Morgan fingerprint density at radius 3 is 2.33 bits per heavy atom. The molecule has 0 saturated heterocycles. The molecule has 0 spiro atoms. The third-order valence-electron chi connectivity index (χ3n) is 3.25. The summed E-state index contributed by atoms with van der Waals surface area (Å²) in [5, 5.41) is 10.4. The molecule has 0 amide bonds. The fourth-order valence-corrected chi connectivity index (χ4v) is 3.55. The summed E-state index contributed by atoms with van der Waals surface area (Å²) in [5.41, 5.74) is 1.23. The van der Waals surface area contributed by atoms with E-state index in [1.54, 1.807) is 0 Å². The lowest BCUT2D eigenvalue weighted by Crippen LogP contribution is -2.44. The summed E-state index contributed by atoms with van der Waals surface area (Å²) in [4.78, 5) is 0. The normalized spacial score (nSPS) is 17.7. The minimum Gasteiger partial charge on any atom is -0.388 e. The molecule has 0 atom stereocenters. The number of nitrogens with one attached hydrogen (secondary N) is 1. The highest BCUT2D eigenvalue weighted by atomic mass is 32.2. The average molecular weight is 269 g/mol. The lowest BCUT2D eigenvalue weighted by molar-refractivity contribution is 0.0567. The first-order valence-electron chi connectivity index (χ1n) is 6.21. The van der Waals surface area contributed by atoms with E-state index in [0.29, 0.717) is 19.3 Å². The molecule has 1 aromatic rings. The van der Waals surface area contributed by atoms with E-state index in [-0.39, 0.29) is 12.3 Å². The van der Waals surface area contributed by atoms with Crippen LogP contribution in [0.1, 0.15) is 24.5 Å². The van der Waals surface area contributed by atoms with E-state index in [2.05, 4.69) is 4.72 Å². The van der Waals surface area contributed by atoms with Crippen LogP contribution in [0.15, 0.2) is 24.3 Å². The van der Waals surface area contributed by atoms with Gasteiger partial charge < -0.3 is 5.11 Å². The summed E-state index contributed by atoms with van der Waals surface area (Å²) >= 11 is 0. The van der Waals surface area contributed by atoms with Gasteiger partial charge in [-0.1, -0.05) is 31.2 Å². The summed E-state index contributed by atoms with van der Waals surface area (Å²) in [5.74, 6) is 0.107. The Morgan fingerprint density at radius 1 is 1.28 bits per heavy atom. The van der Waals surface area contributed by atoms with Crippen molar-refractivity contribution in [3.8, 4) is 0 Å².